The van der Waals surface area contributed by atoms with Gasteiger partial charge in [0.2, 0.25) is 0 Å². The van der Waals surface area contributed by atoms with Crippen molar-refractivity contribution in [3.05, 3.63) is 112 Å². The number of fused-ring (bicyclic) bond motifs is 1. The van der Waals surface area contributed by atoms with Crippen molar-refractivity contribution >= 4 is 40.0 Å². The monoisotopic (exact) mass is 452 g/mol. The van der Waals surface area contributed by atoms with E-state index in [1.165, 1.54) is 10.8 Å². The maximum Gasteiger partial charge on any atom is 0.266 e. The lowest BCUT2D eigenvalue weighted by atomic mass is 10.1. The Morgan fingerprint density at radius 3 is 2.52 bits per heavy atom. The van der Waals surface area contributed by atoms with Crippen molar-refractivity contribution in [3.8, 4) is 11.8 Å². The Morgan fingerprint density at radius 2 is 1.76 bits per heavy atom. The zero-order valence-corrected chi connectivity index (χ0v) is 18.8. The van der Waals surface area contributed by atoms with E-state index in [9.17, 15) is 10.1 Å². The summed E-state index contributed by atoms with van der Waals surface area (Å²) in [4.78, 5) is 12.6. The summed E-state index contributed by atoms with van der Waals surface area (Å²) in [5, 5.41) is 15.1. The molecule has 4 aromatic carbocycles. The van der Waals surface area contributed by atoms with E-state index >= 15 is 0 Å². The Hall–Kier alpha value is -4.07. The molecule has 4 nitrogen and oxygen atoms in total. The second-order valence-corrected chi connectivity index (χ2v) is 7.98. The molecule has 0 saturated carbocycles. The van der Waals surface area contributed by atoms with Crippen LogP contribution in [0.25, 0.3) is 16.8 Å². The molecule has 0 radical (unpaired) electrons. The van der Waals surface area contributed by atoms with Gasteiger partial charge >= 0.3 is 0 Å². The molecule has 0 unspecified atom stereocenters. The standard InChI is InChI=1S/C28H21ClN2O2/c1-19-26(29)7-4-8-27(19)31-28(32)24(17-30)15-20-10-13-25(14-11-20)33-18-21-9-12-22-5-2-3-6-23(22)16-21/h2-16H,18H2,1H3,(H,31,32)/b24-15-. The van der Waals surface area contributed by atoms with Gasteiger partial charge in [0.25, 0.3) is 5.91 Å². The Balaban J connectivity index is 1.42. The maximum atomic E-state index is 12.6. The van der Waals surface area contributed by atoms with E-state index in [4.69, 9.17) is 16.3 Å². The van der Waals surface area contributed by atoms with E-state index < -0.39 is 5.91 Å². The van der Waals surface area contributed by atoms with Crippen LogP contribution in [0.3, 0.4) is 0 Å². The normalized spacial score (nSPS) is 11.1. The van der Waals surface area contributed by atoms with Crippen molar-refractivity contribution in [2.75, 3.05) is 5.32 Å². The van der Waals surface area contributed by atoms with Gasteiger partial charge in [-0.25, -0.2) is 0 Å². The number of nitrogens with zero attached hydrogens (tertiary/aromatic N) is 1. The fourth-order valence-corrected chi connectivity index (χ4v) is 3.58. The van der Waals surface area contributed by atoms with Gasteiger partial charge in [-0.1, -0.05) is 66.2 Å². The number of carbonyl (C=O) groups excluding carboxylic acids is 1. The summed E-state index contributed by atoms with van der Waals surface area (Å²) < 4.78 is 5.90. The summed E-state index contributed by atoms with van der Waals surface area (Å²) in [5.74, 6) is 0.220. The van der Waals surface area contributed by atoms with Crippen LogP contribution < -0.4 is 10.1 Å². The van der Waals surface area contributed by atoms with Gasteiger partial charge in [-0.2, -0.15) is 5.26 Å². The third kappa shape index (κ3) is 5.41. The van der Waals surface area contributed by atoms with Crippen molar-refractivity contribution in [2.24, 2.45) is 0 Å². The van der Waals surface area contributed by atoms with E-state index in [1.807, 2.05) is 49.4 Å². The van der Waals surface area contributed by atoms with Crippen molar-refractivity contribution in [1.29, 1.82) is 5.26 Å². The van der Waals surface area contributed by atoms with Crippen LogP contribution in [0.2, 0.25) is 5.02 Å². The zero-order chi connectivity index (χ0) is 23.2. The van der Waals surface area contributed by atoms with Gasteiger partial charge in [0.05, 0.1) is 0 Å². The van der Waals surface area contributed by atoms with Crippen molar-refractivity contribution in [1.82, 2.24) is 0 Å². The molecule has 33 heavy (non-hydrogen) atoms. The Bertz CT molecular complexity index is 1390. The van der Waals surface area contributed by atoms with Crippen LogP contribution >= 0.6 is 11.6 Å². The van der Waals surface area contributed by atoms with Crippen LogP contribution in [0.4, 0.5) is 5.69 Å². The molecule has 0 aliphatic rings. The summed E-state index contributed by atoms with van der Waals surface area (Å²) >= 11 is 6.10. The van der Waals surface area contributed by atoms with E-state index in [1.54, 1.807) is 24.3 Å². The van der Waals surface area contributed by atoms with Gasteiger partial charge in [0.15, 0.2) is 0 Å². The average Bonchev–Trinajstić information content (AvgIpc) is 2.84. The highest BCUT2D eigenvalue weighted by Crippen LogP contribution is 2.24. The third-order valence-corrected chi connectivity index (χ3v) is 5.70. The van der Waals surface area contributed by atoms with E-state index in [0.717, 1.165) is 16.7 Å². The topological polar surface area (TPSA) is 62.1 Å². The number of amides is 1. The number of ether oxygens (including phenoxy) is 1. The van der Waals surface area contributed by atoms with Crippen LogP contribution in [0.5, 0.6) is 5.75 Å². The minimum absolute atomic E-state index is 0.000734. The molecule has 0 aliphatic heterocycles. The first-order chi connectivity index (χ1) is 16.0. The fourth-order valence-electron chi connectivity index (χ4n) is 3.40. The first-order valence-electron chi connectivity index (χ1n) is 10.4. The summed E-state index contributed by atoms with van der Waals surface area (Å²) in [6.45, 7) is 2.26. The van der Waals surface area contributed by atoms with Crippen molar-refractivity contribution in [2.45, 2.75) is 13.5 Å². The minimum Gasteiger partial charge on any atom is -0.489 e. The lowest BCUT2D eigenvalue weighted by Gasteiger charge is -2.09. The lowest BCUT2D eigenvalue weighted by Crippen LogP contribution is -2.14. The van der Waals surface area contributed by atoms with Gasteiger partial charge in [0.1, 0.15) is 24.0 Å². The second-order valence-electron chi connectivity index (χ2n) is 7.58. The maximum absolute atomic E-state index is 12.6. The Morgan fingerprint density at radius 1 is 1.00 bits per heavy atom. The van der Waals surface area contributed by atoms with Crippen LogP contribution in [0.1, 0.15) is 16.7 Å². The number of hydrogen-bond acceptors (Lipinski definition) is 3. The number of nitrogens with one attached hydrogen (secondary N) is 1. The number of halogens is 1. The molecule has 0 fully saturated rings. The summed E-state index contributed by atoms with van der Waals surface area (Å²) in [7, 11) is 0. The quantitative estimate of drug-likeness (QED) is 0.255. The van der Waals surface area contributed by atoms with Gasteiger partial charge < -0.3 is 10.1 Å². The number of hydrogen-bond donors (Lipinski definition) is 1. The molecule has 162 valence electrons. The van der Waals surface area contributed by atoms with Crippen LogP contribution in [-0.4, -0.2) is 5.91 Å². The van der Waals surface area contributed by atoms with E-state index in [2.05, 4.69) is 35.6 Å². The first kappa shape index (κ1) is 22.1. The van der Waals surface area contributed by atoms with Gasteiger partial charge in [-0.05, 0) is 70.8 Å². The molecule has 4 rings (SSSR count). The van der Waals surface area contributed by atoms with Crippen molar-refractivity contribution < 1.29 is 9.53 Å². The van der Waals surface area contributed by atoms with Gasteiger partial charge in [-0.15, -0.1) is 0 Å². The third-order valence-electron chi connectivity index (χ3n) is 5.29. The molecule has 0 aromatic heterocycles. The predicted molar refractivity (Wildman–Crippen MR) is 133 cm³/mol. The lowest BCUT2D eigenvalue weighted by molar-refractivity contribution is -0.112. The fraction of sp³-hybridized carbons (Fsp3) is 0.0714. The number of nitriles is 1. The van der Waals surface area contributed by atoms with E-state index in [0.29, 0.717) is 23.1 Å². The highest BCUT2D eigenvalue weighted by atomic mass is 35.5. The molecule has 0 aliphatic carbocycles. The van der Waals surface area contributed by atoms with Crippen LogP contribution in [0, 0.1) is 18.3 Å². The van der Waals surface area contributed by atoms with Crippen LogP contribution in [0.15, 0.2) is 90.5 Å². The average molecular weight is 453 g/mol. The molecule has 1 N–H and O–H groups in total. The molecule has 0 bridgehead atoms. The number of carbonyl (C=O) groups is 1. The Labute approximate surface area is 197 Å². The molecule has 5 heteroatoms. The van der Waals surface area contributed by atoms with Crippen molar-refractivity contribution in [3.63, 3.8) is 0 Å². The van der Waals surface area contributed by atoms with Crippen LogP contribution in [-0.2, 0) is 11.4 Å². The number of benzene rings is 4. The molecule has 0 atom stereocenters. The Kier molecular flexibility index (Phi) is 6.73. The number of rotatable bonds is 6. The number of anilines is 1. The molecule has 1 amide bonds. The minimum atomic E-state index is -0.487. The first-order valence-corrected chi connectivity index (χ1v) is 10.8. The summed E-state index contributed by atoms with van der Waals surface area (Å²) in [6, 6.07) is 28.9. The zero-order valence-electron chi connectivity index (χ0n) is 18.0. The van der Waals surface area contributed by atoms with E-state index in [-0.39, 0.29) is 5.57 Å². The predicted octanol–water partition coefficient (Wildman–Crippen LogP) is 6.93. The highest BCUT2D eigenvalue weighted by Gasteiger charge is 2.12. The largest absolute Gasteiger partial charge is 0.489 e. The molecular formula is C28H21ClN2O2. The van der Waals surface area contributed by atoms with Gasteiger partial charge in [0, 0.05) is 10.7 Å². The molecule has 4 aromatic rings. The molecule has 0 spiro atoms. The SMILES string of the molecule is Cc1c(Cl)cccc1NC(=O)/C(C#N)=C\c1ccc(OCc2ccc3ccccc3c2)cc1. The van der Waals surface area contributed by atoms with Gasteiger partial charge in [-0.3, -0.25) is 4.79 Å². The summed E-state index contributed by atoms with van der Waals surface area (Å²) in [6.07, 6.45) is 1.54. The smallest absolute Gasteiger partial charge is 0.266 e. The molecule has 0 heterocycles. The molecule has 0 saturated heterocycles. The summed E-state index contributed by atoms with van der Waals surface area (Å²) in [5.41, 5.74) is 3.13. The highest BCUT2D eigenvalue weighted by molar-refractivity contribution is 6.31. The second kappa shape index (κ2) is 10.0. The molecular weight excluding hydrogens is 432 g/mol.